The Morgan fingerprint density at radius 2 is 1.65 bits per heavy atom. The number of aliphatic hydroxyl groups excluding tert-OH is 3. The Hall–Kier alpha value is -2.35. The number of hydrogen-bond donors (Lipinski definition) is 4. The van der Waals surface area contributed by atoms with Crippen molar-refractivity contribution in [1.82, 2.24) is 9.80 Å². The third-order valence-corrected chi connectivity index (χ3v) is 7.83. The van der Waals surface area contributed by atoms with Gasteiger partial charge in [-0.2, -0.15) is 13.2 Å². The average Bonchev–Trinajstić information content (AvgIpc) is 2.86. The lowest BCUT2D eigenvalue weighted by Gasteiger charge is -2.40. The second-order valence-corrected chi connectivity index (χ2v) is 10.4. The summed E-state index contributed by atoms with van der Waals surface area (Å²) in [4.78, 5) is 19.1. The zero-order valence-electron chi connectivity index (χ0n) is 20.1. The predicted molar refractivity (Wildman–Crippen MR) is 134 cm³/mol. The quantitative estimate of drug-likeness (QED) is 0.382. The molecule has 2 unspecified atom stereocenters. The van der Waals surface area contributed by atoms with Crippen LogP contribution in [0.4, 0.5) is 24.5 Å². The molecule has 2 aliphatic heterocycles. The van der Waals surface area contributed by atoms with Crippen molar-refractivity contribution in [3.05, 3.63) is 48.0 Å². The Morgan fingerprint density at radius 3 is 2.30 bits per heavy atom. The summed E-state index contributed by atoms with van der Waals surface area (Å²) in [6, 6.07) is 10.4. The number of rotatable bonds is 9. The first-order valence-corrected chi connectivity index (χ1v) is 12.9. The van der Waals surface area contributed by atoms with Crippen molar-refractivity contribution < 1.29 is 33.3 Å². The molecule has 8 nitrogen and oxygen atoms in total. The Morgan fingerprint density at radius 1 is 0.973 bits per heavy atom. The van der Waals surface area contributed by atoms with Crippen molar-refractivity contribution in [3.8, 4) is 0 Å². The van der Waals surface area contributed by atoms with Gasteiger partial charge in [0, 0.05) is 48.9 Å². The molecule has 37 heavy (non-hydrogen) atoms. The van der Waals surface area contributed by atoms with Gasteiger partial charge in [-0.25, -0.2) is 0 Å². The van der Waals surface area contributed by atoms with Gasteiger partial charge in [-0.15, -0.1) is 0 Å². The molecule has 0 aromatic heterocycles. The van der Waals surface area contributed by atoms with Crippen LogP contribution in [0.5, 0.6) is 0 Å². The van der Waals surface area contributed by atoms with Crippen LogP contribution >= 0.6 is 11.8 Å². The van der Waals surface area contributed by atoms with Crippen LogP contribution in [0, 0.1) is 0 Å². The van der Waals surface area contributed by atoms with Crippen LogP contribution in [0.1, 0.15) is 12.0 Å². The van der Waals surface area contributed by atoms with Crippen LogP contribution in [0.3, 0.4) is 0 Å². The summed E-state index contributed by atoms with van der Waals surface area (Å²) in [5.41, 5.74) is 5.92. The largest absolute Gasteiger partial charge is 0.416 e. The minimum atomic E-state index is -4.48. The highest BCUT2D eigenvalue weighted by Crippen LogP contribution is 2.49. The van der Waals surface area contributed by atoms with Crippen molar-refractivity contribution in [2.45, 2.75) is 40.6 Å². The van der Waals surface area contributed by atoms with Crippen LogP contribution in [-0.2, 0) is 11.0 Å². The monoisotopic (exact) mass is 540 g/mol. The molecule has 0 saturated carbocycles. The van der Waals surface area contributed by atoms with E-state index in [0.29, 0.717) is 43.3 Å². The first-order chi connectivity index (χ1) is 17.6. The number of amides is 1. The van der Waals surface area contributed by atoms with Gasteiger partial charge in [0.1, 0.15) is 0 Å². The molecular formula is C25H31F3N4O4S. The summed E-state index contributed by atoms with van der Waals surface area (Å²) >= 11 is 1.40. The second-order valence-electron chi connectivity index (χ2n) is 9.34. The van der Waals surface area contributed by atoms with E-state index in [1.54, 1.807) is 4.90 Å². The molecule has 2 aromatic rings. The van der Waals surface area contributed by atoms with Gasteiger partial charge >= 0.3 is 6.18 Å². The third kappa shape index (κ3) is 6.57. The maximum Gasteiger partial charge on any atom is 0.416 e. The van der Waals surface area contributed by atoms with Gasteiger partial charge in [0.05, 0.1) is 48.3 Å². The summed E-state index contributed by atoms with van der Waals surface area (Å²) in [5.74, 6) is -0.570. The van der Waals surface area contributed by atoms with Gasteiger partial charge in [-0.3, -0.25) is 14.6 Å². The molecule has 4 rings (SSSR count). The topological polar surface area (TPSA) is 114 Å². The third-order valence-electron chi connectivity index (χ3n) is 6.70. The number of nitrogens with zero attached hydrogens (tertiary/aromatic N) is 3. The van der Waals surface area contributed by atoms with Gasteiger partial charge in [0.15, 0.2) is 0 Å². The Labute approximate surface area is 217 Å². The van der Waals surface area contributed by atoms with Gasteiger partial charge in [0.2, 0.25) is 5.91 Å². The van der Waals surface area contributed by atoms with E-state index in [1.807, 2.05) is 34.1 Å². The number of carbonyl (C=O) groups is 1. The maximum absolute atomic E-state index is 13.4. The summed E-state index contributed by atoms with van der Waals surface area (Å²) in [6.07, 6.45) is -6.33. The molecule has 0 bridgehead atoms. The average molecular weight is 541 g/mol. The number of primary amides is 1. The number of nitrogens with two attached hydrogens (primary N) is 1. The lowest BCUT2D eigenvalue weighted by Crippen LogP contribution is -2.56. The molecule has 0 aliphatic carbocycles. The molecular weight excluding hydrogens is 509 g/mol. The fraction of sp³-hybridized carbons (Fsp3) is 0.480. The second kappa shape index (κ2) is 11.6. The molecule has 0 spiro atoms. The predicted octanol–water partition coefficient (Wildman–Crippen LogP) is 1.88. The molecule has 1 amide bonds. The number of β-amino-alcohol motifs (C(OH)–C–C–N with tert-alkyl or cyclic N) is 1. The highest BCUT2D eigenvalue weighted by Gasteiger charge is 2.34. The van der Waals surface area contributed by atoms with Gasteiger partial charge in [0.25, 0.3) is 0 Å². The number of fused-ring (bicyclic) bond motifs is 2. The highest BCUT2D eigenvalue weighted by molar-refractivity contribution is 7.99. The van der Waals surface area contributed by atoms with Crippen molar-refractivity contribution >= 4 is 29.0 Å². The molecule has 1 saturated heterocycles. The summed E-state index contributed by atoms with van der Waals surface area (Å²) in [5, 5.41) is 29.8. The minimum Gasteiger partial charge on any atom is -0.394 e. The number of carbonyl (C=O) groups excluding carboxylic acids is 1. The standard InChI is InChI=1S/C25H31F3N4O4S/c26-25(27,28)16-5-6-23-20(11-16)32(19-3-1-2-4-22(19)37-23)14-18(35)13-30-7-9-31(10-8-30)21(24(29)36)12-17(34)15-33/h1-6,11,17-18,21,33-35H,7-10,12-15H2,(H2,29,36)/t17-,18?,21?/m0/s1. The molecule has 2 aromatic carbocycles. The van der Waals surface area contributed by atoms with Gasteiger partial charge in [-0.05, 0) is 30.3 Å². The smallest absolute Gasteiger partial charge is 0.394 e. The Kier molecular flexibility index (Phi) is 8.66. The van der Waals surface area contributed by atoms with E-state index >= 15 is 0 Å². The number of piperazine rings is 1. The SMILES string of the molecule is NC(=O)C(C[C@H](O)CO)N1CCN(CC(O)CN2c3ccccc3Sc3ccc(C(F)(F)F)cc32)CC1. The van der Waals surface area contributed by atoms with Crippen molar-refractivity contribution in [2.24, 2.45) is 5.73 Å². The fourth-order valence-corrected chi connectivity index (χ4v) is 5.88. The van der Waals surface area contributed by atoms with Crippen LogP contribution in [0.15, 0.2) is 52.3 Å². The number of halogens is 3. The highest BCUT2D eigenvalue weighted by atomic mass is 32.2. The molecule has 1 fully saturated rings. The molecule has 3 atom stereocenters. The van der Waals surface area contributed by atoms with E-state index in [2.05, 4.69) is 0 Å². The van der Waals surface area contributed by atoms with Crippen LogP contribution in [0.25, 0.3) is 0 Å². The first kappa shape index (κ1) is 27.7. The molecule has 2 aliphatic rings. The Balaban J connectivity index is 1.43. The number of para-hydroxylation sites is 1. The first-order valence-electron chi connectivity index (χ1n) is 12.0. The van der Waals surface area contributed by atoms with Crippen LogP contribution < -0.4 is 10.6 Å². The fourth-order valence-electron chi connectivity index (χ4n) is 4.80. The number of alkyl halides is 3. The number of anilines is 2. The van der Waals surface area contributed by atoms with E-state index in [4.69, 9.17) is 10.8 Å². The summed E-state index contributed by atoms with van der Waals surface area (Å²) < 4.78 is 40.3. The lowest BCUT2D eigenvalue weighted by molar-refractivity contribution is -0.137. The van der Waals surface area contributed by atoms with E-state index in [-0.39, 0.29) is 13.0 Å². The minimum absolute atomic E-state index is 0.0418. The van der Waals surface area contributed by atoms with E-state index in [9.17, 15) is 28.2 Å². The van der Waals surface area contributed by atoms with Crippen molar-refractivity contribution in [3.63, 3.8) is 0 Å². The van der Waals surface area contributed by atoms with Gasteiger partial charge < -0.3 is 26.0 Å². The van der Waals surface area contributed by atoms with Crippen molar-refractivity contribution in [1.29, 1.82) is 0 Å². The molecule has 12 heteroatoms. The molecule has 202 valence electrons. The normalized spacial score (nSPS) is 19.1. The molecule has 5 N–H and O–H groups in total. The number of benzene rings is 2. The Bertz CT molecular complexity index is 1100. The number of aliphatic hydroxyl groups is 3. The van der Waals surface area contributed by atoms with Crippen molar-refractivity contribution in [2.75, 3.05) is 50.8 Å². The van der Waals surface area contributed by atoms with E-state index in [1.165, 1.54) is 17.8 Å². The number of hydrogen-bond acceptors (Lipinski definition) is 8. The zero-order valence-corrected chi connectivity index (χ0v) is 21.0. The zero-order chi connectivity index (χ0) is 26.7. The summed E-state index contributed by atoms with van der Waals surface area (Å²) in [7, 11) is 0. The molecule has 0 radical (unpaired) electrons. The maximum atomic E-state index is 13.4. The van der Waals surface area contributed by atoms with Crippen LogP contribution in [0.2, 0.25) is 0 Å². The van der Waals surface area contributed by atoms with E-state index < -0.39 is 42.5 Å². The molecule has 2 heterocycles. The van der Waals surface area contributed by atoms with E-state index in [0.717, 1.165) is 22.7 Å². The lowest BCUT2D eigenvalue weighted by atomic mass is 10.1. The summed E-state index contributed by atoms with van der Waals surface area (Å²) in [6.45, 7) is 2.00. The van der Waals surface area contributed by atoms with Gasteiger partial charge in [-0.1, -0.05) is 23.9 Å². The van der Waals surface area contributed by atoms with Crippen LogP contribution in [-0.4, -0.2) is 95.2 Å².